The van der Waals surface area contributed by atoms with E-state index in [-0.39, 0.29) is 24.4 Å². The first-order chi connectivity index (χ1) is 14.5. The third kappa shape index (κ3) is 5.64. The summed E-state index contributed by atoms with van der Waals surface area (Å²) in [5.41, 5.74) is -2.00. The van der Waals surface area contributed by atoms with Crippen LogP contribution in [0, 0.1) is 17.1 Å². The maximum absolute atomic E-state index is 14.9. The maximum Gasteiger partial charge on any atom is 0.290 e. The summed E-state index contributed by atoms with van der Waals surface area (Å²) < 4.78 is 42.2. The number of aryl methyl sites for hydroxylation is 1. The average Bonchev–Trinajstić information content (AvgIpc) is 3.47. The molecule has 1 aliphatic rings. The lowest BCUT2D eigenvalue weighted by Crippen LogP contribution is -2.41. The molecule has 0 radical (unpaired) electrons. The van der Waals surface area contributed by atoms with Crippen LogP contribution in [0.5, 0.6) is 0 Å². The van der Waals surface area contributed by atoms with E-state index in [2.05, 4.69) is 10.3 Å². The molecule has 164 valence electrons. The number of hydrogen-bond acceptors (Lipinski definition) is 4. The third-order valence-corrected chi connectivity index (χ3v) is 5.22. The smallest absolute Gasteiger partial charge is 0.290 e. The number of hydrogen-bond donors (Lipinski definition) is 1. The van der Waals surface area contributed by atoms with E-state index >= 15 is 0 Å². The Bertz CT molecular complexity index is 1080. The number of carbonyl (C=O) groups excluding carboxylic acids is 1. The van der Waals surface area contributed by atoms with Crippen molar-refractivity contribution in [2.75, 3.05) is 0 Å². The minimum Gasteiger partial charge on any atom is -0.336 e. The van der Waals surface area contributed by atoms with Crippen LogP contribution in [0.3, 0.4) is 0 Å². The molecule has 2 aromatic rings. The van der Waals surface area contributed by atoms with Crippen LogP contribution in [0.1, 0.15) is 38.4 Å². The van der Waals surface area contributed by atoms with E-state index in [1.54, 1.807) is 0 Å². The number of nitriles is 1. The maximum atomic E-state index is 14.9. The van der Waals surface area contributed by atoms with Gasteiger partial charge in [-0.3, -0.25) is 14.2 Å². The minimum atomic E-state index is -2.91. The Morgan fingerprint density at radius 1 is 1.35 bits per heavy atom. The Morgan fingerprint density at radius 3 is 2.55 bits per heavy atom. The molecule has 0 atom stereocenters. The molecule has 1 saturated carbocycles. The SMILES string of the molecule is CC(F)(F)CCCc1nc(-c2ccc(Cl)cc2)c(F)c(=O)n1CC(=O)NC1(C#N)CC1. The summed E-state index contributed by atoms with van der Waals surface area (Å²) in [5, 5.41) is 12.0. The van der Waals surface area contributed by atoms with Gasteiger partial charge in [0, 0.05) is 23.4 Å². The standard InChI is InChI=1S/C21H20ClF3N4O2/c1-20(24,25)8-2-3-15-27-18(13-4-6-14(22)7-5-13)17(23)19(31)29(15)11-16(30)28-21(12-26)9-10-21/h4-7H,2-3,8-11H2,1H3,(H,28,30). The van der Waals surface area contributed by atoms with E-state index in [1.807, 2.05) is 6.07 Å². The average molecular weight is 453 g/mol. The fourth-order valence-corrected chi connectivity index (χ4v) is 3.25. The number of alkyl halides is 2. The largest absolute Gasteiger partial charge is 0.336 e. The minimum absolute atomic E-state index is 0.0116. The van der Waals surface area contributed by atoms with Crippen molar-refractivity contribution in [3.63, 3.8) is 0 Å². The van der Waals surface area contributed by atoms with Gasteiger partial charge in [0.05, 0.1) is 6.07 Å². The topological polar surface area (TPSA) is 87.8 Å². The second-order valence-electron chi connectivity index (χ2n) is 7.75. The highest BCUT2D eigenvalue weighted by molar-refractivity contribution is 6.30. The van der Waals surface area contributed by atoms with Crippen LogP contribution in [0.2, 0.25) is 5.02 Å². The Kier molecular flexibility index (Phi) is 6.41. The fourth-order valence-electron chi connectivity index (χ4n) is 3.13. The van der Waals surface area contributed by atoms with Crippen molar-refractivity contribution in [2.45, 2.75) is 57.0 Å². The van der Waals surface area contributed by atoms with Crippen LogP contribution in [-0.2, 0) is 17.8 Å². The highest BCUT2D eigenvalue weighted by Gasteiger charge is 2.44. The summed E-state index contributed by atoms with van der Waals surface area (Å²) in [6.07, 6.45) is 0.442. The second kappa shape index (κ2) is 8.71. The normalized spacial score (nSPS) is 14.7. The van der Waals surface area contributed by atoms with Crippen LogP contribution in [0.4, 0.5) is 13.2 Å². The number of carbonyl (C=O) groups is 1. The molecule has 1 N–H and O–H groups in total. The van der Waals surface area contributed by atoms with Crippen molar-refractivity contribution in [3.05, 3.63) is 51.3 Å². The van der Waals surface area contributed by atoms with Crippen molar-refractivity contribution in [1.82, 2.24) is 14.9 Å². The fraction of sp³-hybridized carbons (Fsp3) is 0.429. The van der Waals surface area contributed by atoms with Gasteiger partial charge in [-0.2, -0.15) is 9.65 Å². The van der Waals surface area contributed by atoms with E-state index < -0.39 is 41.7 Å². The molecular formula is C21H20ClF3N4O2. The number of aromatic nitrogens is 2. The molecule has 1 aromatic carbocycles. The number of nitrogens with one attached hydrogen (secondary N) is 1. The third-order valence-electron chi connectivity index (χ3n) is 4.97. The van der Waals surface area contributed by atoms with Crippen LogP contribution in [-0.4, -0.2) is 26.9 Å². The van der Waals surface area contributed by atoms with Gasteiger partial charge in [0.25, 0.3) is 5.56 Å². The van der Waals surface area contributed by atoms with Crippen LogP contribution in [0.15, 0.2) is 29.1 Å². The Hall–Kier alpha value is -2.86. The van der Waals surface area contributed by atoms with E-state index in [9.17, 15) is 22.8 Å². The van der Waals surface area contributed by atoms with Crippen molar-refractivity contribution in [3.8, 4) is 17.3 Å². The van der Waals surface area contributed by atoms with E-state index in [0.717, 1.165) is 11.5 Å². The quantitative estimate of drug-likeness (QED) is 0.659. The van der Waals surface area contributed by atoms with Crippen LogP contribution in [0.25, 0.3) is 11.3 Å². The van der Waals surface area contributed by atoms with Gasteiger partial charge in [-0.25, -0.2) is 13.8 Å². The lowest BCUT2D eigenvalue weighted by atomic mass is 10.1. The Morgan fingerprint density at radius 2 is 2.00 bits per heavy atom. The van der Waals surface area contributed by atoms with Gasteiger partial charge in [0.2, 0.25) is 17.6 Å². The molecule has 10 heteroatoms. The van der Waals surface area contributed by atoms with Gasteiger partial charge in [-0.1, -0.05) is 23.7 Å². The Labute approximate surface area is 181 Å². The summed E-state index contributed by atoms with van der Waals surface area (Å²) in [7, 11) is 0. The van der Waals surface area contributed by atoms with Gasteiger partial charge in [-0.05, 0) is 38.3 Å². The first kappa shape index (κ1) is 22.8. The molecule has 0 spiro atoms. The first-order valence-electron chi connectivity index (χ1n) is 9.69. The predicted octanol–water partition coefficient (Wildman–Crippen LogP) is 3.85. The van der Waals surface area contributed by atoms with Crippen molar-refractivity contribution in [2.24, 2.45) is 0 Å². The number of benzene rings is 1. The van der Waals surface area contributed by atoms with Gasteiger partial charge in [-0.15, -0.1) is 0 Å². The van der Waals surface area contributed by atoms with Gasteiger partial charge >= 0.3 is 0 Å². The summed E-state index contributed by atoms with van der Waals surface area (Å²) in [6.45, 7) is 0.215. The van der Waals surface area contributed by atoms with Crippen molar-refractivity contribution in [1.29, 1.82) is 5.26 Å². The molecule has 3 rings (SSSR count). The highest BCUT2D eigenvalue weighted by Crippen LogP contribution is 2.34. The molecule has 1 aromatic heterocycles. The zero-order valence-corrected chi connectivity index (χ0v) is 17.5. The molecule has 1 aliphatic carbocycles. The van der Waals surface area contributed by atoms with E-state index in [4.69, 9.17) is 16.9 Å². The van der Waals surface area contributed by atoms with Gasteiger partial charge in [0.1, 0.15) is 23.6 Å². The number of nitrogens with zero attached hydrogens (tertiary/aromatic N) is 3. The summed E-state index contributed by atoms with van der Waals surface area (Å²) in [4.78, 5) is 29.3. The number of halogens is 4. The van der Waals surface area contributed by atoms with Crippen molar-refractivity contribution < 1.29 is 18.0 Å². The molecule has 1 heterocycles. The summed E-state index contributed by atoms with van der Waals surface area (Å²) >= 11 is 5.85. The van der Waals surface area contributed by atoms with Crippen LogP contribution >= 0.6 is 11.6 Å². The molecule has 0 aliphatic heterocycles. The van der Waals surface area contributed by atoms with Gasteiger partial charge < -0.3 is 5.32 Å². The number of amides is 1. The zero-order valence-electron chi connectivity index (χ0n) is 16.7. The first-order valence-corrected chi connectivity index (χ1v) is 10.1. The number of rotatable bonds is 8. The van der Waals surface area contributed by atoms with Gasteiger partial charge in [0.15, 0.2) is 0 Å². The van der Waals surface area contributed by atoms with Crippen LogP contribution < -0.4 is 10.9 Å². The highest BCUT2D eigenvalue weighted by atomic mass is 35.5. The summed E-state index contributed by atoms with van der Waals surface area (Å²) in [6, 6.07) is 7.97. The van der Waals surface area contributed by atoms with E-state index in [0.29, 0.717) is 23.4 Å². The predicted molar refractivity (Wildman–Crippen MR) is 108 cm³/mol. The molecule has 6 nitrogen and oxygen atoms in total. The Balaban J connectivity index is 1.96. The molecule has 0 saturated heterocycles. The molecular weight excluding hydrogens is 433 g/mol. The molecule has 1 amide bonds. The monoisotopic (exact) mass is 452 g/mol. The molecule has 0 unspecified atom stereocenters. The zero-order chi connectivity index (χ0) is 22.8. The lowest BCUT2D eigenvalue weighted by Gasteiger charge is -2.16. The molecule has 31 heavy (non-hydrogen) atoms. The summed E-state index contributed by atoms with van der Waals surface area (Å²) in [5.74, 6) is -4.71. The lowest BCUT2D eigenvalue weighted by molar-refractivity contribution is -0.122. The second-order valence-corrected chi connectivity index (χ2v) is 8.19. The molecule has 0 bridgehead atoms. The van der Waals surface area contributed by atoms with Crippen molar-refractivity contribution >= 4 is 17.5 Å². The molecule has 1 fully saturated rings. The van der Waals surface area contributed by atoms with E-state index in [1.165, 1.54) is 24.3 Å².